The summed E-state index contributed by atoms with van der Waals surface area (Å²) in [6.45, 7) is 2.41. The average Bonchev–Trinajstić information content (AvgIpc) is 2.15. The molecule has 0 bridgehead atoms. The van der Waals surface area contributed by atoms with Gasteiger partial charge in [-0.25, -0.2) is 4.79 Å². The molecule has 0 atom stereocenters. The lowest BCUT2D eigenvalue weighted by Crippen LogP contribution is -2.06. The number of carboxylic acid groups (broad SMARTS) is 1. The molecular weight excluding hydrogens is 182 g/mol. The van der Waals surface area contributed by atoms with Crippen LogP contribution in [0.1, 0.15) is 23.7 Å². The highest BCUT2D eigenvalue weighted by atomic mass is 16.5. The standard InChI is InChI=1S/C10H13NO3/c1-2-6-14-9-7(10(12)13)4-3-5-8(9)11/h3-5H,2,6,11H2,1H3,(H,12,13). The summed E-state index contributed by atoms with van der Waals surface area (Å²) in [6.07, 6.45) is 0.813. The van der Waals surface area contributed by atoms with Gasteiger partial charge in [0.2, 0.25) is 0 Å². The third kappa shape index (κ3) is 2.16. The second kappa shape index (κ2) is 4.50. The van der Waals surface area contributed by atoms with Crippen LogP contribution in [0, 0.1) is 0 Å². The van der Waals surface area contributed by atoms with Gasteiger partial charge in [-0.05, 0) is 18.6 Å². The predicted molar refractivity (Wildman–Crippen MR) is 53.6 cm³/mol. The van der Waals surface area contributed by atoms with Crippen LogP contribution in [-0.4, -0.2) is 17.7 Å². The van der Waals surface area contributed by atoms with Gasteiger partial charge in [0, 0.05) is 0 Å². The minimum absolute atomic E-state index is 0.110. The first-order chi connectivity index (χ1) is 6.66. The van der Waals surface area contributed by atoms with Gasteiger partial charge in [-0.15, -0.1) is 0 Å². The van der Waals surface area contributed by atoms with Crippen LogP contribution < -0.4 is 10.5 Å². The smallest absolute Gasteiger partial charge is 0.339 e. The summed E-state index contributed by atoms with van der Waals surface area (Å²) < 4.78 is 5.27. The Kier molecular flexibility index (Phi) is 3.34. The van der Waals surface area contributed by atoms with E-state index in [1.165, 1.54) is 6.07 Å². The van der Waals surface area contributed by atoms with Gasteiger partial charge in [0.25, 0.3) is 0 Å². The zero-order valence-corrected chi connectivity index (χ0v) is 7.99. The molecule has 0 aliphatic carbocycles. The molecule has 76 valence electrons. The van der Waals surface area contributed by atoms with Gasteiger partial charge in [0.05, 0.1) is 12.3 Å². The van der Waals surface area contributed by atoms with E-state index in [0.29, 0.717) is 12.3 Å². The number of ether oxygens (including phenoxy) is 1. The Morgan fingerprint density at radius 3 is 2.86 bits per heavy atom. The highest BCUT2D eigenvalue weighted by Gasteiger charge is 2.13. The molecule has 0 amide bonds. The van der Waals surface area contributed by atoms with E-state index in [1.807, 2.05) is 6.92 Å². The van der Waals surface area contributed by atoms with Crippen LogP contribution in [0.25, 0.3) is 0 Å². The largest absolute Gasteiger partial charge is 0.491 e. The lowest BCUT2D eigenvalue weighted by molar-refractivity contribution is 0.0692. The number of anilines is 1. The normalized spacial score (nSPS) is 9.79. The van der Waals surface area contributed by atoms with Crippen molar-refractivity contribution in [3.8, 4) is 5.75 Å². The highest BCUT2D eigenvalue weighted by molar-refractivity contribution is 5.93. The van der Waals surface area contributed by atoms with E-state index in [9.17, 15) is 4.79 Å². The number of para-hydroxylation sites is 1. The molecule has 1 aromatic carbocycles. The molecule has 0 saturated heterocycles. The average molecular weight is 195 g/mol. The zero-order valence-electron chi connectivity index (χ0n) is 7.99. The van der Waals surface area contributed by atoms with Crippen LogP contribution in [0.5, 0.6) is 5.75 Å². The second-order valence-corrected chi connectivity index (χ2v) is 2.88. The quantitative estimate of drug-likeness (QED) is 0.718. The summed E-state index contributed by atoms with van der Waals surface area (Å²) in [7, 11) is 0. The fraction of sp³-hybridized carbons (Fsp3) is 0.300. The minimum Gasteiger partial charge on any atom is -0.491 e. The molecule has 4 nitrogen and oxygen atoms in total. The van der Waals surface area contributed by atoms with Gasteiger partial charge in [-0.3, -0.25) is 0 Å². The molecule has 1 aromatic rings. The van der Waals surface area contributed by atoms with Crippen molar-refractivity contribution in [3.63, 3.8) is 0 Å². The number of hydrogen-bond acceptors (Lipinski definition) is 3. The topological polar surface area (TPSA) is 72.5 Å². The van der Waals surface area contributed by atoms with E-state index in [0.717, 1.165) is 6.42 Å². The van der Waals surface area contributed by atoms with Crippen LogP contribution in [-0.2, 0) is 0 Å². The number of nitrogens with two attached hydrogens (primary N) is 1. The maximum Gasteiger partial charge on any atom is 0.339 e. The summed E-state index contributed by atoms with van der Waals surface area (Å²) >= 11 is 0. The monoisotopic (exact) mass is 195 g/mol. The number of hydrogen-bond donors (Lipinski definition) is 2. The maximum absolute atomic E-state index is 10.8. The minimum atomic E-state index is -1.02. The number of carboxylic acids is 1. The molecule has 0 spiro atoms. The van der Waals surface area contributed by atoms with Crippen molar-refractivity contribution in [2.75, 3.05) is 12.3 Å². The third-order valence-corrected chi connectivity index (χ3v) is 1.73. The molecule has 14 heavy (non-hydrogen) atoms. The maximum atomic E-state index is 10.8. The lowest BCUT2D eigenvalue weighted by atomic mass is 10.2. The summed E-state index contributed by atoms with van der Waals surface area (Å²) in [5, 5.41) is 8.85. The first-order valence-electron chi connectivity index (χ1n) is 4.41. The Balaban J connectivity index is 3.02. The highest BCUT2D eigenvalue weighted by Crippen LogP contribution is 2.26. The Morgan fingerprint density at radius 2 is 2.29 bits per heavy atom. The molecule has 0 unspecified atom stereocenters. The fourth-order valence-corrected chi connectivity index (χ4v) is 1.09. The number of benzene rings is 1. The van der Waals surface area contributed by atoms with Gasteiger partial charge in [-0.2, -0.15) is 0 Å². The SMILES string of the molecule is CCCOc1c(N)cccc1C(=O)O. The van der Waals surface area contributed by atoms with E-state index < -0.39 is 5.97 Å². The summed E-state index contributed by atoms with van der Waals surface area (Å²) in [4.78, 5) is 10.8. The van der Waals surface area contributed by atoms with Gasteiger partial charge in [-0.1, -0.05) is 13.0 Å². The Labute approximate surface area is 82.3 Å². The van der Waals surface area contributed by atoms with Crippen LogP contribution >= 0.6 is 0 Å². The summed E-state index contributed by atoms with van der Waals surface area (Å²) in [5.74, 6) is -0.759. The van der Waals surface area contributed by atoms with Crippen LogP contribution in [0.2, 0.25) is 0 Å². The molecular formula is C10H13NO3. The molecule has 3 N–H and O–H groups in total. The van der Waals surface area contributed by atoms with Crippen molar-refractivity contribution in [3.05, 3.63) is 23.8 Å². The van der Waals surface area contributed by atoms with Crippen LogP contribution in [0.4, 0.5) is 5.69 Å². The fourth-order valence-electron chi connectivity index (χ4n) is 1.09. The number of aromatic carboxylic acids is 1. The number of nitrogen functional groups attached to an aromatic ring is 1. The number of rotatable bonds is 4. The first-order valence-corrected chi connectivity index (χ1v) is 4.41. The molecule has 0 heterocycles. The van der Waals surface area contributed by atoms with Crippen LogP contribution in [0.15, 0.2) is 18.2 Å². The molecule has 0 aliphatic rings. The molecule has 0 radical (unpaired) electrons. The van der Waals surface area contributed by atoms with E-state index in [2.05, 4.69) is 0 Å². The summed E-state index contributed by atoms with van der Waals surface area (Å²) in [5.41, 5.74) is 6.08. The Morgan fingerprint density at radius 1 is 1.57 bits per heavy atom. The molecule has 0 aliphatic heterocycles. The van der Waals surface area contributed by atoms with E-state index >= 15 is 0 Å². The molecule has 0 aromatic heterocycles. The van der Waals surface area contributed by atoms with Crippen molar-refractivity contribution in [1.29, 1.82) is 0 Å². The van der Waals surface area contributed by atoms with Gasteiger partial charge in [0.1, 0.15) is 5.56 Å². The predicted octanol–water partition coefficient (Wildman–Crippen LogP) is 1.76. The van der Waals surface area contributed by atoms with Crippen molar-refractivity contribution in [2.24, 2.45) is 0 Å². The molecule has 1 rings (SSSR count). The molecule has 4 heteroatoms. The van der Waals surface area contributed by atoms with Gasteiger partial charge < -0.3 is 15.6 Å². The first kappa shape index (κ1) is 10.4. The summed E-state index contributed by atoms with van der Waals surface area (Å²) in [6, 6.07) is 4.69. The Bertz CT molecular complexity index is 336. The van der Waals surface area contributed by atoms with E-state index in [1.54, 1.807) is 12.1 Å². The van der Waals surface area contributed by atoms with Gasteiger partial charge >= 0.3 is 5.97 Å². The van der Waals surface area contributed by atoms with Crippen molar-refractivity contribution >= 4 is 11.7 Å². The third-order valence-electron chi connectivity index (χ3n) is 1.73. The van der Waals surface area contributed by atoms with Crippen molar-refractivity contribution in [2.45, 2.75) is 13.3 Å². The van der Waals surface area contributed by atoms with Crippen molar-refractivity contribution in [1.82, 2.24) is 0 Å². The number of carbonyl (C=O) groups is 1. The van der Waals surface area contributed by atoms with Crippen LogP contribution in [0.3, 0.4) is 0 Å². The van der Waals surface area contributed by atoms with Gasteiger partial charge in [0.15, 0.2) is 5.75 Å². The van der Waals surface area contributed by atoms with E-state index in [-0.39, 0.29) is 11.3 Å². The molecule has 0 fully saturated rings. The lowest BCUT2D eigenvalue weighted by Gasteiger charge is -2.10. The molecule has 0 saturated carbocycles. The van der Waals surface area contributed by atoms with E-state index in [4.69, 9.17) is 15.6 Å². The Hall–Kier alpha value is -1.71. The zero-order chi connectivity index (χ0) is 10.6. The second-order valence-electron chi connectivity index (χ2n) is 2.88. The van der Waals surface area contributed by atoms with Crippen molar-refractivity contribution < 1.29 is 14.6 Å².